The molecular weight excluding hydrogens is 382 g/mol. The van der Waals surface area contributed by atoms with E-state index in [4.69, 9.17) is 9.31 Å². The Hall–Kier alpha value is -1.54. The lowest BCUT2D eigenvalue weighted by atomic mass is 9.80. The minimum Gasteiger partial charge on any atom is -0.403 e. The van der Waals surface area contributed by atoms with Gasteiger partial charge in [0.2, 0.25) is 5.91 Å². The molecule has 1 amide bonds. The van der Waals surface area contributed by atoms with E-state index in [1.165, 1.54) is 12.1 Å². The van der Waals surface area contributed by atoms with Crippen LogP contribution in [0.15, 0.2) is 24.3 Å². The van der Waals surface area contributed by atoms with Crippen molar-refractivity contribution in [1.82, 2.24) is 5.32 Å². The van der Waals surface area contributed by atoms with Crippen molar-refractivity contribution in [1.29, 1.82) is 0 Å². The van der Waals surface area contributed by atoms with Crippen LogP contribution >= 0.6 is 0 Å². The Kier molecular flexibility index (Phi) is 6.51. The molecule has 0 radical (unpaired) electrons. The first-order valence-electron chi connectivity index (χ1n) is 9.87. The Bertz CT molecular complexity index is 708. The number of alkyl halides is 3. The van der Waals surface area contributed by atoms with Crippen molar-refractivity contribution in [3.8, 4) is 0 Å². The summed E-state index contributed by atoms with van der Waals surface area (Å²) in [6, 6.07) is 4.48. The third-order valence-corrected chi connectivity index (χ3v) is 5.62. The van der Waals surface area contributed by atoms with Crippen LogP contribution < -0.4 is 5.32 Å². The molecule has 162 valence electrons. The summed E-state index contributed by atoms with van der Waals surface area (Å²) in [4.78, 5) is 12.5. The number of hydrogen-bond acceptors (Lipinski definition) is 3. The van der Waals surface area contributed by atoms with Crippen molar-refractivity contribution in [2.24, 2.45) is 5.41 Å². The second-order valence-electron chi connectivity index (χ2n) is 9.66. The fourth-order valence-electron chi connectivity index (χ4n) is 2.99. The molecule has 2 rings (SSSR count). The van der Waals surface area contributed by atoms with Gasteiger partial charge in [0.15, 0.2) is 0 Å². The predicted molar refractivity (Wildman–Crippen MR) is 107 cm³/mol. The van der Waals surface area contributed by atoms with Crippen LogP contribution in [0.4, 0.5) is 13.2 Å². The maximum Gasteiger partial charge on any atom is 0.457 e. The Morgan fingerprint density at radius 3 is 1.93 bits per heavy atom. The Morgan fingerprint density at radius 2 is 1.52 bits per heavy atom. The third kappa shape index (κ3) is 5.75. The Morgan fingerprint density at radius 1 is 1.03 bits per heavy atom. The van der Waals surface area contributed by atoms with E-state index in [9.17, 15) is 18.0 Å². The number of halogens is 3. The van der Waals surface area contributed by atoms with E-state index in [-0.39, 0.29) is 5.91 Å². The molecule has 1 aromatic carbocycles. The lowest BCUT2D eigenvalue weighted by Gasteiger charge is -2.32. The van der Waals surface area contributed by atoms with Crippen molar-refractivity contribution < 1.29 is 27.3 Å². The van der Waals surface area contributed by atoms with Gasteiger partial charge in [0.05, 0.1) is 22.8 Å². The van der Waals surface area contributed by atoms with Crippen LogP contribution in [0.3, 0.4) is 0 Å². The van der Waals surface area contributed by atoms with Crippen LogP contribution in [0.2, 0.25) is 6.32 Å². The molecule has 1 fully saturated rings. The highest BCUT2D eigenvalue weighted by Gasteiger charge is 2.50. The van der Waals surface area contributed by atoms with Crippen LogP contribution in [-0.4, -0.2) is 24.2 Å². The van der Waals surface area contributed by atoms with E-state index in [1.54, 1.807) is 20.8 Å². The Balaban J connectivity index is 2.17. The van der Waals surface area contributed by atoms with Crippen molar-refractivity contribution in [2.75, 3.05) is 0 Å². The summed E-state index contributed by atoms with van der Waals surface area (Å²) >= 11 is 0. The average Bonchev–Trinajstić information content (AvgIpc) is 2.76. The average molecular weight is 413 g/mol. The van der Waals surface area contributed by atoms with Gasteiger partial charge < -0.3 is 14.6 Å². The van der Waals surface area contributed by atoms with Gasteiger partial charge in [-0.25, -0.2) is 0 Å². The fourth-order valence-corrected chi connectivity index (χ4v) is 2.99. The first-order chi connectivity index (χ1) is 13.0. The molecule has 0 bridgehead atoms. The molecule has 4 nitrogen and oxygen atoms in total. The zero-order valence-electron chi connectivity index (χ0n) is 18.2. The molecule has 1 atom stereocenters. The summed E-state index contributed by atoms with van der Waals surface area (Å²) in [5.74, 6) is -0.170. The molecule has 1 unspecified atom stereocenters. The second-order valence-corrected chi connectivity index (χ2v) is 9.66. The predicted octanol–water partition coefficient (Wildman–Crippen LogP) is 5.39. The van der Waals surface area contributed by atoms with Gasteiger partial charge in [-0.2, -0.15) is 13.2 Å². The highest BCUT2D eigenvalue weighted by molar-refractivity contribution is 6.45. The first-order valence-corrected chi connectivity index (χ1v) is 9.87. The number of carbonyl (C=O) groups excluding carboxylic acids is 1. The zero-order chi connectivity index (χ0) is 22.3. The summed E-state index contributed by atoms with van der Waals surface area (Å²) in [5.41, 5.74) is -1.64. The largest absolute Gasteiger partial charge is 0.457 e. The van der Waals surface area contributed by atoms with Crippen LogP contribution in [0.5, 0.6) is 0 Å². The van der Waals surface area contributed by atoms with Crippen molar-refractivity contribution in [2.45, 2.75) is 84.6 Å². The molecule has 1 aliphatic heterocycles. The number of amides is 1. The summed E-state index contributed by atoms with van der Waals surface area (Å²) in [5, 5.41) is 2.97. The molecular formula is C21H31BF3NO3. The molecule has 1 aliphatic rings. The quantitative estimate of drug-likeness (QED) is 0.659. The monoisotopic (exact) mass is 413 g/mol. The van der Waals surface area contributed by atoms with Crippen LogP contribution in [-0.2, 0) is 20.3 Å². The normalized spacial score (nSPS) is 19.9. The molecule has 0 spiro atoms. The molecule has 1 N–H and O–H groups in total. The number of hydrogen-bond donors (Lipinski definition) is 1. The molecule has 29 heavy (non-hydrogen) atoms. The highest BCUT2D eigenvalue weighted by Crippen LogP contribution is 2.39. The molecule has 0 aromatic heterocycles. The summed E-state index contributed by atoms with van der Waals surface area (Å²) < 4.78 is 50.7. The van der Waals surface area contributed by atoms with Gasteiger partial charge in [0, 0.05) is 5.41 Å². The van der Waals surface area contributed by atoms with E-state index in [0.29, 0.717) is 18.3 Å². The van der Waals surface area contributed by atoms with Crippen molar-refractivity contribution in [3.05, 3.63) is 35.4 Å². The van der Waals surface area contributed by atoms with Crippen molar-refractivity contribution in [3.63, 3.8) is 0 Å². The number of carbonyl (C=O) groups is 1. The van der Waals surface area contributed by atoms with Gasteiger partial charge in [0.1, 0.15) is 0 Å². The molecule has 1 heterocycles. The van der Waals surface area contributed by atoms with E-state index in [2.05, 4.69) is 5.32 Å². The van der Waals surface area contributed by atoms with Gasteiger partial charge in [-0.15, -0.1) is 0 Å². The molecule has 8 heteroatoms. The Labute approximate surface area is 171 Å². The van der Waals surface area contributed by atoms with E-state index in [1.807, 2.05) is 27.7 Å². The highest BCUT2D eigenvalue weighted by atomic mass is 19.4. The minimum atomic E-state index is -4.40. The van der Waals surface area contributed by atoms with E-state index >= 15 is 0 Å². The SMILES string of the molecule is CC(C)(C)C(=O)NC(CCB1OC(C)(C)C(C)(C)O1)c1ccc(C(F)(F)F)cc1. The van der Waals surface area contributed by atoms with E-state index in [0.717, 1.165) is 12.1 Å². The number of benzene rings is 1. The fraction of sp³-hybridized carbons (Fsp3) is 0.667. The van der Waals surface area contributed by atoms with Gasteiger partial charge in [0.25, 0.3) is 0 Å². The van der Waals surface area contributed by atoms with Gasteiger partial charge >= 0.3 is 13.3 Å². The van der Waals surface area contributed by atoms with Crippen molar-refractivity contribution >= 4 is 13.0 Å². The first kappa shape index (κ1) is 23.7. The zero-order valence-corrected chi connectivity index (χ0v) is 18.2. The van der Waals surface area contributed by atoms with Gasteiger partial charge in [-0.3, -0.25) is 4.79 Å². The standard InChI is InChI=1S/C21H31BF3NO3/c1-18(2,3)17(27)26-16(14-8-10-15(11-9-14)21(23,24)25)12-13-22-28-19(4,5)20(6,7)29-22/h8-11,16H,12-13H2,1-7H3,(H,26,27). The maximum absolute atomic E-state index is 12.9. The van der Waals surface area contributed by atoms with Crippen LogP contribution in [0, 0.1) is 5.41 Å². The molecule has 1 aromatic rings. The van der Waals surface area contributed by atoms with Crippen LogP contribution in [0.25, 0.3) is 0 Å². The topological polar surface area (TPSA) is 47.6 Å². The lowest BCUT2D eigenvalue weighted by molar-refractivity contribution is -0.137. The summed E-state index contributed by atoms with van der Waals surface area (Å²) in [7, 11) is -0.441. The minimum absolute atomic E-state index is 0.170. The van der Waals surface area contributed by atoms with Gasteiger partial charge in [-0.1, -0.05) is 32.9 Å². The number of nitrogens with one attached hydrogen (secondary N) is 1. The number of rotatable bonds is 5. The smallest absolute Gasteiger partial charge is 0.403 e. The second kappa shape index (κ2) is 7.95. The maximum atomic E-state index is 12.9. The van der Waals surface area contributed by atoms with E-state index < -0.39 is 41.5 Å². The molecule has 1 saturated heterocycles. The molecule has 0 aliphatic carbocycles. The summed E-state index contributed by atoms with van der Waals surface area (Å²) in [6.45, 7) is 13.2. The van der Waals surface area contributed by atoms with Crippen LogP contribution in [0.1, 0.15) is 72.1 Å². The van der Waals surface area contributed by atoms with Gasteiger partial charge in [-0.05, 0) is 58.1 Å². The molecule has 0 saturated carbocycles. The third-order valence-electron chi connectivity index (χ3n) is 5.62. The summed E-state index contributed by atoms with van der Waals surface area (Å²) in [6.07, 6.45) is -3.42. The lowest BCUT2D eigenvalue weighted by Crippen LogP contribution is -2.41.